The summed E-state index contributed by atoms with van der Waals surface area (Å²) in [5, 5.41) is 3.22. The van der Waals surface area contributed by atoms with Crippen molar-refractivity contribution in [3.8, 4) is 44.5 Å². The van der Waals surface area contributed by atoms with Gasteiger partial charge in [-0.25, -0.2) is 0 Å². The van der Waals surface area contributed by atoms with E-state index in [1.54, 1.807) is 18.2 Å². The molecule has 0 fully saturated rings. The lowest BCUT2D eigenvalue weighted by Gasteiger charge is -2.18. The predicted octanol–water partition coefficient (Wildman–Crippen LogP) is 13.7. The van der Waals surface area contributed by atoms with Crippen LogP contribution in [0.3, 0.4) is 0 Å². The number of benzene rings is 9. The first-order valence-electron chi connectivity index (χ1n) is 22.3. The van der Waals surface area contributed by atoms with Gasteiger partial charge >= 0.3 is 0 Å². The van der Waals surface area contributed by atoms with Crippen LogP contribution in [0.25, 0.3) is 98.8 Å². The van der Waals surface area contributed by atoms with Crippen LogP contribution in [0.1, 0.15) is 17.8 Å². The molecular formula is C48H30O. The molecule has 0 aliphatic rings. The van der Waals surface area contributed by atoms with Gasteiger partial charge in [-0.05, 0) is 95.5 Å². The minimum Gasteiger partial charge on any atom is -0.455 e. The zero-order valence-corrected chi connectivity index (χ0v) is 25.7. The maximum atomic E-state index is 9.29. The van der Waals surface area contributed by atoms with E-state index in [1.807, 2.05) is 54.6 Å². The maximum absolute atomic E-state index is 9.29. The molecule has 0 saturated heterocycles. The molecule has 1 heterocycles. The third-order valence-electron chi connectivity index (χ3n) is 9.17. The third kappa shape index (κ3) is 4.47. The second-order valence-electron chi connectivity index (χ2n) is 11.9. The summed E-state index contributed by atoms with van der Waals surface area (Å²) in [5.74, 6) is 0. The predicted molar refractivity (Wildman–Crippen MR) is 208 cm³/mol. The summed E-state index contributed by atoms with van der Waals surface area (Å²) in [7, 11) is 0. The number of hydrogen-bond acceptors (Lipinski definition) is 1. The summed E-state index contributed by atoms with van der Waals surface area (Å²) in [6.45, 7) is 0. The lowest BCUT2D eigenvalue weighted by molar-refractivity contribution is 0.670. The highest BCUT2D eigenvalue weighted by Crippen LogP contribution is 2.44. The fourth-order valence-electron chi connectivity index (χ4n) is 6.96. The zero-order chi connectivity index (χ0) is 43.6. The van der Waals surface area contributed by atoms with Crippen LogP contribution in [0.2, 0.25) is 0 Å². The van der Waals surface area contributed by atoms with Gasteiger partial charge in [-0.15, -0.1) is 0 Å². The van der Waals surface area contributed by atoms with Crippen molar-refractivity contribution in [3.05, 3.63) is 182 Å². The van der Waals surface area contributed by atoms with Crippen molar-refractivity contribution in [2.24, 2.45) is 0 Å². The van der Waals surface area contributed by atoms with Gasteiger partial charge < -0.3 is 4.42 Å². The SMILES string of the molecule is [2H]c1c([2H])c([2H])c(-c2c3c([2H])c([2H])c([2H])c([2H])c3c(-c3cccc(-c4ccc5oc6c(-c7ccc8ccccc8c7)cccc6c5c4)c3)c3c([2H])c([2H])c([2H])c([2H])c23)c([2H])c1[2H]. The molecule has 9 aromatic carbocycles. The van der Waals surface area contributed by atoms with Gasteiger partial charge in [0.2, 0.25) is 0 Å². The summed E-state index contributed by atoms with van der Waals surface area (Å²) in [6.07, 6.45) is 0. The van der Waals surface area contributed by atoms with E-state index in [-0.39, 0.29) is 32.7 Å². The topological polar surface area (TPSA) is 13.1 Å². The monoisotopic (exact) mass is 635 g/mol. The van der Waals surface area contributed by atoms with E-state index in [4.69, 9.17) is 16.8 Å². The molecule has 1 aromatic heterocycles. The molecule has 0 saturated carbocycles. The van der Waals surface area contributed by atoms with Crippen LogP contribution in [0, 0.1) is 0 Å². The molecule has 0 atom stereocenters. The minimum absolute atomic E-state index is 0.0711. The molecular weight excluding hydrogens is 593 g/mol. The van der Waals surface area contributed by atoms with Gasteiger partial charge in [-0.2, -0.15) is 0 Å². The Labute approximate surface area is 302 Å². The summed E-state index contributed by atoms with van der Waals surface area (Å²) in [6, 6.07) is 25.0. The molecule has 0 N–H and O–H groups in total. The first kappa shape index (κ1) is 17.6. The van der Waals surface area contributed by atoms with Crippen molar-refractivity contribution in [1.82, 2.24) is 0 Å². The van der Waals surface area contributed by atoms with Crippen LogP contribution in [0.4, 0.5) is 0 Å². The average molecular weight is 636 g/mol. The molecule has 0 amide bonds. The van der Waals surface area contributed by atoms with Crippen molar-refractivity contribution < 1.29 is 22.2 Å². The number of para-hydroxylation sites is 1. The normalized spacial score (nSPS) is 15.4. The Hall–Kier alpha value is -6.44. The number of hydrogen-bond donors (Lipinski definition) is 0. The summed E-state index contributed by atoms with van der Waals surface area (Å²) in [5.41, 5.74) is 4.45. The van der Waals surface area contributed by atoms with Gasteiger partial charge in [0, 0.05) is 16.3 Å². The second kappa shape index (κ2) is 11.1. The molecule has 49 heavy (non-hydrogen) atoms. The van der Waals surface area contributed by atoms with E-state index in [0.29, 0.717) is 16.7 Å². The summed E-state index contributed by atoms with van der Waals surface area (Å²) in [4.78, 5) is 0. The summed E-state index contributed by atoms with van der Waals surface area (Å²) >= 11 is 0. The van der Waals surface area contributed by atoms with Crippen molar-refractivity contribution >= 4 is 54.3 Å². The van der Waals surface area contributed by atoms with Crippen LogP contribution >= 0.6 is 0 Å². The van der Waals surface area contributed by atoms with E-state index in [0.717, 1.165) is 43.8 Å². The van der Waals surface area contributed by atoms with Gasteiger partial charge in [0.25, 0.3) is 0 Å². The number of fused-ring (bicyclic) bond motifs is 6. The first-order valence-corrected chi connectivity index (χ1v) is 15.8. The quantitative estimate of drug-likeness (QED) is 0.175. The number of furan rings is 1. The molecule has 0 aliphatic heterocycles. The van der Waals surface area contributed by atoms with Crippen molar-refractivity contribution in [1.29, 1.82) is 0 Å². The molecule has 0 unspecified atom stereocenters. The minimum atomic E-state index is -0.715. The van der Waals surface area contributed by atoms with E-state index in [9.17, 15) is 5.48 Å². The van der Waals surface area contributed by atoms with Gasteiger partial charge in [-0.3, -0.25) is 0 Å². The van der Waals surface area contributed by atoms with Crippen LogP contribution in [-0.4, -0.2) is 0 Å². The van der Waals surface area contributed by atoms with Gasteiger partial charge in [0.05, 0.1) is 17.8 Å². The standard InChI is InChI=1S/C48H30O/c1-2-13-32(14-3-1)46-39-18-6-8-20-41(39)47(42-21-9-7-19-40(42)46)37-17-10-16-34(29-37)35-26-27-45-44(30-35)43-23-11-22-38(48(43)49-45)36-25-24-31-12-4-5-15-33(31)28-36/h1-30H/i1D,2D,3D,6D,7D,8D,9D,13D,14D,18D,19D,20D,21D. The van der Waals surface area contributed by atoms with E-state index in [1.165, 1.54) is 0 Å². The lowest BCUT2D eigenvalue weighted by Crippen LogP contribution is -1.91. The smallest absolute Gasteiger partial charge is 0.143 e. The van der Waals surface area contributed by atoms with E-state index in [2.05, 4.69) is 30.3 Å². The molecule has 228 valence electrons. The van der Waals surface area contributed by atoms with E-state index < -0.39 is 84.1 Å². The van der Waals surface area contributed by atoms with Crippen molar-refractivity contribution in [2.75, 3.05) is 0 Å². The van der Waals surface area contributed by atoms with Crippen LogP contribution < -0.4 is 0 Å². The van der Waals surface area contributed by atoms with Crippen molar-refractivity contribution in [3.63, 3.8) is 0 Å². The lowest BCUT2D eigenvalue weighted by atomic mass is 9.85. The second-order valence-corrected chi connectivity index (χ2v) is 11.9. The Kier molecular flexibility index (Phi) is 3.99. The van der Waals surface area contributed by atoms with Crippen LogP contribution in [0.5, 0.6) is 0 Å². The number of rotatable bonds is 4. The fourth-order valence-corrected chi connectivity index (χ4v) is 6.96. The highest BCUT2D eigenvalue weighted by molar-refractivity contribution is 6.21. The zero-order valence-electron chi connectivity index (χ0n) is 38.7. The molecule has 1 heteroatoms. The third-order valence-corrected chi connectivity index (χ3v) is 9.17. The summed E-state index contributed by atoms with van der Waals surface area (Å²) < 4.78 is 121. The maximum Gasteiger partial charge on any atom is 0.143 e. The highest BCUT2D eigenvalue weighted by atomic mass is 16.3. The van der Waals surface area contributed by atoms with Gasteiger partial charge in [-0.1, -0.05) is 157 Å². The Balaban J connectivity index is 1.26. The highest BCUT2D eigenvalue weighted by Gasteiger charge is 2.18. The van der Waals surface area contributed by atoms with Crippen LogP contribution in [-0.2, 0) is 0 Å². The van der Waals surface area contributed by atoms with Crippen molar-refractivity contribution in [2.45, 2.75) is 0 Å². The Morgan fingerprint density at radius 3 is 1.73 bits per heavy atom. The molecule has 0 bridgehead atoms. The van der Waals surface area contributed by atoms with Gasteiger partial charge in [0.1, 0.15) is 11.2 Å². The fraction of sp³-hybridized carbons (Fsp3) is 0. The largest absolute Gasteiger partial charge is 0.455 e. The molecule has 10 aromatic rings. The molecule has 10 rings (SSSR count). The van der Waals surface area contributed by atoms with Crippen LogP contribution in [0.15, 0.2) is 186 Å². The Morgan fingerprint density at radius 1 is 0.367 bits per heavy atom. The molecule has 1 nitrogen and oxygen atoms in total. The molecule has 0 radical (unpaired) electrons. The average Bonchev–Trinajstić information content (AvgIpc) is 3.67. The first-order chi connectivity index (χ1) is 29.7. The molecule has 0 spiro atoms. The Morgan fingerprint density at radius 2 is 0.980 bits per heavy atom. The van der Waals surface area contributed by atoms with E-state index >= 15 is 0 Å². The molecule has 0 aliphatic carbocycles. The Bertz CT molecular complexity index is 3520. The van der Waals surface area contributed by atoms with Gasteiger partial charge in [0.15, 0.2) is 0 Å².